The molecule has 0 bridgehead atoms. The lowest BCUT2D eigenvalue weighted by Crippen LogP contribution is -1.89. The van der Waals surface area contributed by atoms with Crippen molar-refractivity contribution in [3.8, 4) is 11.8 Å². The molecule has 0 saturated carbocycles. The molecule has 12 heavy (non-hydrogen) atoms. The van der Waals surface area contributed by atoms with E-state index in [2.05, 4.69) is 29.5 Å². The van der Waals surface area contributed by atoms with Crippen molar-refractivity contribution in [2.24, 2.45) is 0 Å². The van der Waals surface area contributed by atoms with Crippen LogP contribution in [-0.2, 0) is 0 Å². The predicted octanol–water partition coefficient (Wildman–Crippen LogP) is 1.81. The van der Waals surface area contributed by atoms with Crippen molar-refractivity contribution in [3.63, 3.8) is 0 Å². The molecule has 0 aliphatic rings. The number of aryl methyl sites for hydroxylation is 1. The number of pyridine rings is 1. The molecule has 0 unspecified atom stereocenters. The Morgan fingerprint density at radius 3 is 3.08 bits per heavy atom. The van der Waals surface area contributed by atoms with Crippen LogP contribution in [0.2, 0.25) is 0 Å². The van der Waals surface area contributed by atoms with Crippen LogP contribution in [0.1, 0.15) is 11.1 Å². The molecular weight excluding hydrogens is 173 g/mol. The minimum atomic E-state index is -0.519. The molecule has 62 valence electrons. The molecule has 0 radical (unpaired) electrons. The first kappa shape index (κ1) is 9.08. The Labute approximate surface area is 76.4 Å². The second-order valence-corrected chi connectivity index (χ2v) is 2.63. The summed E-state index contributed by atoms with van der Waals surface area (Å²) in [6, 6.07) is 1.67. The summed E-state index contributed by atoms with van der Waals surface area (Å²) in [5, 5.41) is 0. The molecule has 0 aliphatic heterocycles. The summed E-state index contributed by atoms with van der Waals surface area (Å²) in [6.07, 6.45) is 1.47. The molecule has 1 aromatic rings. The van der Waals surface area contributed by atoms with Crippen molar-refractivity contribution in [3.05, 3.63) is 29.3 Å². The summed E-state index contributed by atoms with van der Waals surface area (Å²) in [4.78, 5) is 3.54. The third kappa shape index (κ3) is 2.24. The maximum absolute atomic E-state index is 12.9. The van der Waals surface area contributed by atoms with E-state index in [1.165, 1.54) is 6.20 Å². The van der Waals surface area contributed by atoms with E-state index in [1.807, 2.05) is 6.92 Å². The Morgan fingerprint density at radius 2 is 2.42 bits per heavy atom. The van der Waals surface area contributed by atoms with Gasteiger partial charge in [-0.1, -0.05) is 11.8 Å². The van der Waals surface area contributed by atoms with Gasteiger partial charge < -0.3 is 0 Å². The maximum Gasteiger partial charge on any atom is 0.228 e. The van der Waals surface area contributed by atoms with Crippen LogP contribution in [0.5, 0.6) is 0 Å². The molecule has 0 aromatic carbocycles. The van der Waals surface area contributed by atoms with Crippen LogP contribution in [0.15, 0.2) is 12.3 Å². The molecule has 0 amide bonds. The van der Waals surface area contributed by atoms with Gasteiger partial charge in [0.25, 0.3) is 0 Å². The molecular formula is C9H8FNS. The highest BCUT2D eigenvalue weighted by Crippen LogP contribution is 2.04. The van der Waals surface area contributed by atoms with Crippen molar-refractivity contribution >= 4 is 12.6 Å². The highest BCUT2D eigenvalue weighted by Gasteiger charge is 1.98. The maximum atomic E-state index is 12.9. The smallest absolute Gasteiger partial charge is 0.227 e. The van der Waals surface area contributed by atoms with Gasteiger partial charge in [-0.3, -0.25) is 0 Å². The predicted molar refractivity (Wildman–Crippen MR) is 49.7 cm³/mol. The highest BCUT2D eigenvalue weighted by atomic mass is 32.1. The first-order valence-corrected chi connectivity index (χ1v) is 4.09. The summed E-state index contributed by atoms with van der Waals surface area (Å²) < 4.78 is 12.9. The minimum absolute atomic E-state index is 0.337. The largest absolute Gasteiger partial charge is 0.228 e. The highest BCUT2D eigenvalue weighted by molar-refractivity contribution is 7.80. The number of hydrogen-bond acceptors (Lipinski definition) is 2. The van der Waals surface area contributed by atoms with Crippen molar-refractivity contribution in [2.45, 2.75) is 6.92 Å². The monoisotopic (exact) mass is 181 g/mol. The van der Waals surface area contributed by atoms with Crippen molar-refractivity contribution in [1.82, 2.24) is 4.98 Å². The zero-order valence-electron chi connectivity index (χ0n) is 6.63. The molecule has 0 aliphatic carbocycles. The Hall–Kier alpha value is -1.01. The van der Waals surface area contributed by atoms with Crippen LogP contribution in [-0.4, -0.2) is 10.7 Å². The van der Waals surface area contributed by atoms with Gasteiger partial charge >= 0.3 is 0 Å². The molecule has 0 fully saturated rings. The normalized spacial score (nSPS) is 8.92. The molecule has 3 heteroatoms. The Kier molecular flexibility index (Phi) is 3.12. The van der Waals surface area contributed by atoms with E-state index in [9.17, 15) is 4.39 Å². The first-order valence-electron chi connectivity index (χ1n) is 3.46. The lowest BCUT2D eigenvalue weighted by Gasteiger charge is -1.94. The standard InChI is InChI=1S/C9H8FNS/c1-7-5-8(3-2-4-12)9(10)11-6-7/h5-6,12H,4H2,1H3. The molecule has 0 spiro atoms. The van der Waals surface area contributed by atoms with E-state index >= 15 is 0 Å². The van der Waals surface area contributed by atoms with Gasteiger partial charge in [0.2, 0.25) is 5.95 Å². The van der Waals surface area contributed by atoms with E-state index in [-0.39, 0.29) is 0 Å². The van der Waals surface area contributed by atoms with Crippen LogP contribution >= 0.6 is 12.6 Å². The molecule has 1 heterocycles. The lowest BCUT2D eigenvalue weighted by molar-refractivity contribution is 0.579. The summed E-state index contributed by atoms with van der Waals surface area (Å²) in [7, 11) is 0. The molecule has 1 rings (SSSR count). The van der Waals surface area contributed by atoms with Gasteiger partial charge in [0.1, 0.15) is 0 Å². The van der Waals surface area contributed by atoms with Gasteiger partial charge in [0.15, 0.2) is 0 Å². The number of hydrogen-bond donors (Lipinski definition) is 1. The fourth-order valence-corrected chi connectivity index (χ4v) is 0.854. The zero-order chi connectivity index (χ0) is 8.97. The first-order chi connectivity index (χ1) is 5.74. The fourth-order valence-electron chi connectivity index (χ4n) is 0.775. The average Bonchev–Trinajstić information content (AvgIpc) is 2.07. The van der Waals surface area contributed by atoms with Crippen LogP contribution in [0.4, 0.5) is 4.39 Å². The Morgan fingerprint density at radius 1 is 1.67 bits per heavy atom. The topological polar surface area (TPSA) is 12.9 Å². The van der Waals surface area contributed by atoms with Crippen LogP contribution in [0.25, 0.3) is 0 Å². The fraction of sp³-hybridized carbons (Fsp3) is 0.222. The van der Waals surface area contributed by atoms with Crippen LogP contribution < -0.4 is 0 Å². The van der Waals surface area contributed by atoms with Gasteiger partial charge in [-0.25, -0.2) is 4.98 Å². The van der Waals surface area contributed by atoms with Crippen molar-refractivity contribution in [1.29, 1.82) is 0 Å². The molecule has 1 nitrogen and oxygen atoms in total. The second-order valence-electron chi connectivity index (χ2n) is 2.31. The number of halogens is 1. The molecule has 0 atom stereocenters. The van der Waals surface area contributed by atoms with E-state index in [1.54, 1.807) is 6.07 Å². The van der Waals surface area contributed by atoms with E-state index in [0.29, 0.717) is 11.3 Å². The van der Waals surface area contributed by atoms with Gasteiger partial charge in [-0.05, 0) is 18.6 Å². The zero-order valence-corrected chi connectivity index (χ0v) is 7.53. The number of thiol groups is 1. The van der Waals surface area contributed by atoms with E-state index in [0.717, 1.165) is 5.56 Å². The number of rotatable bonds is 0. The Bertz CT molecular complexity index is 338. The van der Waals surface area contributed by atoms with Crippen molar-refractivity contribution in [2.75, 3.05) is 5.75 Å². The number of nitrogens with zero attached hydrogens (tertiary/aromatic N) is 1. The Balaban J connectivity index is 3.05. The van der Waals surface area contributed by atoms with Crippen molar-refractivity contribution < 1.29 is 4.39 Å². The van der Waals surface area contributed by atoms with Gasteiger partial charge in [0, 0.05) is 6.20 Å². The summed E-state index contributed by atoms with van der Waals surface area (Å²) in [6.45, 7) is 1.85. The molecule has 0 N–H and O–H groups in total. The summed E-state index contributed by atoms with van der Waals surface area (Å²) in [5.74, 6) is 5.21. The third-order valence-corrected chi connectivity index (χ3v) is 1.44. The number of aromatic nitrogens is 1. The van der Waals surface area contributed by atoms with Crippen LogP contribution in [0.3, 0.4) is 0 Å². The molecule has 1 aromatic heterocycles. The quantitative estimate of drug-likeness (QED) is 0.366. The summed E-state index contributed by atoms with van der Waals surface area (Å²) in [5.41, 5.74) is 1.24. The van der Waals surface area contributed by atoms with E-state index in [4.69, 9.17) is 0 Å². The third-order valence-electron chi connectivity index (χ3n) is 1.28. The van der Waals surface area contributed by atoms with Crippen LogP contribution in [0, 0.1) is 24.7 Å². The molecule has 0 saturated heterocycles. The average molecular weight is 181 g/mol. The van der Waals surface area contributed by atoms with Gasteiger partial charge in [-0.15, -0.1) is 0 Å². The lowest BCUT2D eigenvalue weighted by atomic mass is 10.2. The summed E-state index contributed by atoms with van der Waals surface area (Å²) >= 11 is 3.89. The van der Waals surface area contributed by atoms with E-state index < -0.39 is 5.95 Å². The SMILES string of the molecule is Cc1cnc(F)c(C#CCS)c1. The van der Waals surface area contributed by atoms with Gasteiger partial charge in [0.05, 0.1) is 11.3 Å². The minimum Gasteiger partial charge on any atom is -0.227 e. The van der Waals surface area contributed by atoms with Gasteiger partial charge in [-0.2, -0.15) is 17.0 Å². The second kappa shape index (κ2) is 4.13.